The molecule has 0 aliphatic carbocycles. The van der Waals surface area contributed by atoms with Crippen LogP contribution in [0.4, 0.5) is 0 Å². The zero-order chi connectivity index (χ0) is 22.9. The Labute approximate surface area is 184 Å². The number of Topliss-reactive ketones (excluding diaryl/α,β-unsaturated/α-hetero) is 2. The number of ether oxygens (including phenoxy) is 1. The minimum absolute atomic E-state index is 0.0584. The molecule has 0 amide bonds. The van der Waals surface area contributed by atoms with Gasteiger partial charge < -0.3 is 18.1 Å². The van der Waals surface area contributed by atoms with E-state index in [1.807, 2.05) is 6.07 Å². The quantitative estimate of drug-likeness (QED) is 0.410. The van der Waals surface area contributed by atoms with Gasteiger partial charge in [-0.1, -0.05) is 12.1 Å². The first kappa shape index (κ1) is 22.5. The summed E-state index contributed by atoms with van der Waals surface area (Å²) in [6, 6.07) is 13.3. The van der Waals surface area contributed by atoms with Crippen molar-refractivity contribution in [2.75, 3.05) is 7.11 Å². The highest BCUT2D eigenvalue weighted by Crippen LogP contribution is 2.11. The van der Waals surface area contributed by atoms with Gasteiger partial charge in [0.25, 0.3) is 0 Å². The van der Waals surface area contributed by atoms with Gasteiger partial charge >= 0.3 is 0 Å². The van der Waals surface area contributed by atoms with Gasteiger partial charge in [0, 0.05) is 44.4 Å². The number of aryl methyl sites for hydroxylation is 1. The van der Waals surface area contributed by atoms with Gasteiger partial charge in [0.2, 0.25) is 23.0 Å². The number of furan rings is 2. The van der Waals surface area contributed by atoms with Gasteiger partial charge in [0.1, 0.15) is 0 Å². The minimum atomic E-state index is -0.0938. The van der Waals surface area contributed by atoms with Crippen molar-refractivity contribution in [2.24, 2.45) is 7.05 Å². The van der Waals surface area contributed by atoms with E-state index in [0.717, 1.165) is 11.1 Å². The van der Waals surface area contributed by atoms with Crippen LogP contribution in [0.5, 0.6) is 5.88 Å². The van der Waals surface area contributed by atoms with Crippen LogP contribution in [-0.2, 0) is 19.9 Å². The van der Waals surface area contributed by atoms with Gasteiger partial charge in [-0.05, 0) is 35.4 Å². The molecule has 0 saturated carbocycles. The molecule has 0 aromatic carbocycles. The SMILES string of the molecule is COc1ccc(CC(=O)c2ccco2)cn1.Cn1cc(CC(=O)c2ccco2)ccc1=O. The maximum Gasteiger partial charge on any atom is 0.250 e. The lowest BCUT2D eigenvalue weighted by atomic mass is 10.1. The highest BCUT2D eigenvalue weighted by atomic mass is 16.5. The highest BCUT2D eigenvalue weighted by Gasteiger charge is 2.10. The Bertz CT molecular complexity index is 1210. The maximum atomic E-state index is 11.7. The number of methoxy groups -OCH3 is 1. The van der Waals surface area contributed by atoms with E-state index >= 15 is 0 Å². The van der Waals surface area contributed by atoms with Crippen molar-refractivity contribution in [3.63, 3.8) is 0 Å². The summed E-state index contributed by atoms with van der Waals surface area (Å²) in [5.74, 6) is 1.10. The third-order valence-electron chi connectivity index (χ3n) is 4.48. The fraction of sp³-hybridized carbons (Fsp3) is 0.167. The van der Waals surface area contributed by atoms with Crippen LogP contribution in [0.15, 0.2) is 87.1 Å². The molecule has 0 bridgehead atoms. The first-order valence-electron chi connectivity index (χ1n) is 9.74. The number of hydrogen-bond acceptors (Lipinski definition) is 7. The van der Waals surface area contributed by atoms with Crippen molar-refractivity contribution < 1.29 is 23.2 Å². The summed E-state index contributed by atoms with van der Waals surface area (Å²) in [4.78, 5) is 38.5. The lowest BCUT2D eigenvalue weighted by Crippen LogP contribution is -2.16. The molecule has 164 valence electrons. The highest BCUT2D eigenvalue weighted by molar-refractivity contribution is 5.95. The van der Waals surface area contributed by atoms with Gasteiger partial charge in [0.05, 0.1) is 19.6 Å². The summed E-state index contributed by atoms with van der Waals surface area (Å²) in [5.41, 5.74) is 1.54. The van der Waals surface area contributed by atoms with Gasteiger partial charge in [-0.15, -0.1) is 0 Å². The van der Waals surface area contributed by atoms with Gasteiger partial charge in [0.15, 0.2) is 11.5 Å². The van der Waals surface area contributed by atoms with E-state index in [0.29, 0.717) is 17.4 Å². The zero-order valence-electron chi connectivity index (χ0n) is 17.7. The molecule has 0 aliphatic heterocycles. The van der Waals surface area contributed by atoms with Crippen molar-refractivity contribution in [1.82, 2.24) is 9.55 Å². The molecule has 32 heavy (non-hydrogen) atoms. The van der Waals surface area contributed by atoms with Crippen molar-refractivity contribution >= 4 is 11.6 Å². The molecule has 0 N–H and O–H groups in total. The Balaban J connectivity index is 0.000000181. The average molecular weight is 434 g/mol. The number of nitrogens with zero attached hydrogens (tertiary/aromatic N) is 2. The minimum Gasteiger partial charge on any atom is -0.481 e. The monoisotopic (exact) mass is 434 g/mol. The average Bonchev–Trinajstić information content (AvgIpc) is 3.52. The lowest BCUT2D eigenvalue weighted by Gasteiger charge is -2.01. The predicted octanol–water partition coefficient (Wildman–Crippen LogP) is 3.51. The molecule has 4 aromatic heterocycles. The largest absolute Gasteiger partial charge is 0.481 e. The lowest BCUT2D eigenvalue weighted by molar-refractivity contribution is 0.0959. The third-order valence-corrected chi connectivity index (χ3v) is 4.48. The Morgan fingerprint density at radius 2 is 1.50 bits per heavy atom. The molecule has 0 saturated heterocycles. The summed E-state index contributed by atoms with van der Waals surface area (Å²) < 4.78 is 16.4. The molecule has 0 aliphatic rings. The van der Waals surface area contributed by atoms with Gasteiger partial charge in [-0.25, -0.2) is 4.98 Å². The number of hydrogen-bond donors (Lipinski definition) is 0. The van der Waals surface area contributed by atoms with Crippen LogP contribution in [0.3, 0.4) is 0 Å². The molecule has 4 heterocycles. The summed E-state index contributed by atoms with van der Waals surface area (Å²) in [6.07, 6.45) is 6.75. The smallest absolute Gasteiger partial charge is 0.250 e. The molecule has 0 spiro atoms. The Kier molecular flexibility index (Phi) is 7.53. The number of ketones is 2. The number of aromatic nitrogens is 2. The van der Waals surface area contributed by atoms with Crippen molar-refractivity contribution in [3.05, 3.63) is 106 Å². The number of carbonyl (C=O) groups is 2. The fourth-order valence-corrected chi connectivity index (χ4v) is 2.81. The van der Waals surface area contributed by atoms with Crippen molar-refractivity contribution in [1.29, 1.82) is 0 Å². The van der Waals surface area contributed by atoms with E-state index in [9.17, 15) is 14.4 Å². The van der Waals surface area contributed by atoms with Gasteiger partial charge in [-0.2, -0.15) is 0 Å². The maximum absolute atomic E-state index is 11.7. The molecule has 4 aromatic rings. The van der Waals surface area contributed by atoms with E-state index in [1.165, 1.54) is 23.2 Å². The Morgan fingerprint density at radius 1 is 0.906 bits per heavy atom. The third kappa shape index (κ3) is 6.15. The van der Waals surface area contributed by atoms with Crippen LogP contribution in [0.2, 0.25) is 0 Å². The molecule has 0 fully saturated rings. The standard InChI is InChI=1S/2C12H11NO3/c1-15-12-5-4-9(8-13-12)7-10(14)11-3-2-6-16-11;1-13-8-9(4-5-12(13)15)7-10(14)11-3-2-6-16-11/h2*2-6,8H,7H2,1H3. The van der Waals surface area contributed by atoms with Crippen LogP contribution in [0.1, 0.15) is 32.2 Å². The topological polar surface area (TPSA) is 105 Å². The molecule has 0 radical (unpaired) electrons. The second kappa shape index (κ2) is 10.7. The molecule has 8 heteroatoms. The van der Waals surface area contributed by atoms with Crippen LogP contribution in [0.25, 0.3) is 0 Å². The Hall–Kier alpha value is -4.20. The molecule has 4 rings (SSSR count). The Morgan fingerprint density at radius 3 is 1.97 bits per heavy atom. The van der Waals surface area contributed by atoms with Crippen LogP contribution >= 0.6 is 0 Å². The normalized spacial score (nSPS) is 10.2. The van der Waals surface area contributed by atoms with Crippen LogP contribution in [0, 0.1) is 0 Å². The van der Waals surface area contributed by atoms with E-state index in [1.54, 1.807) is 62.9 Å². The van der Waals surface area contributed by atoms with Crippen molar-refractivity contribution in [3.8, 4) is 5.88 Å². The number of rotatable bonds is 7. The van der Waals surface area contributed by atoms with E-state index in [4.69, 9.17) is 13.6 Å². The van der Waals surface area contributed by atoms with Crippen LogP contribution in [-0.4, -0.2) is 28.2 Å². The van der Waals surface area contributed by atoms with E-state index < -0.39 is 0 Å². The van der Waals surface area contributed by atoms with Gasteiger partial charge in [-0.3, -0.25) is 14.4 Å². The molecule has 0 unspecified atom stereocenters. The first-order valence-corrected chi connectivity index (χ1v) is 9.74. The van der Waals surface area contributed by atoms with Crippen LogP contribution < -0.4 is 10.3 Å². The molecule has 8 nitrogen and oxygen atoms in total. The van der Waals surface area contributed by atoms with E-state index in [-0.39, 0.29) is 30.0 Å². The number of pyridine rings is 2. The summed E-state index contributed by atoms with van der Waals surface area (Å²) in [6.45, 7) is 0. The fourth-order valence-electron chi connectivity index (χ4n) is 2.81. The molecular formula is C24H22N2O6. The summed E-state index contributed by atoms with van der Waals surface area (Å²) in [5, 5.41) is 0. The second-order valence-corrected chi connectivity index (χ2v) is 6.85. The second-order valence-electron chi connectivity index (χ2n) is 6.85. The predicted molar refractivity (Wildman–Crippen MR) is 116 cm³/mol. The van der Waals surface area contributed by atoms with E-state index in [2.05, 4.69) is 4.98 Å². The summed E-state index contributed by atoms with van der Waals surface area (Å²) in [7, 11) is 3.21. The molecule has 0 atom stereocenters. The van der Waals surface area contributed by atoms with Crippen molar-refractivity contribution in [2.45, 2.75) is 12.8 Å². The number of carbonyl (C=O) groups excluding carboxylic acids is 2. The molecular weight excluding hydrogens is 412 g/mol. The zero-order valence-corrected chi connectivity index (χ0v) is 17.7. The first-order chi connectivity index (χ1) is 15.5. The summed E-state index contributed by atoms with van der Waals surface area (Å²) >= 11 is 0.